The van der Waals surface area contributed by atoms with Crippen LogP contribution in [-0.2, 0) is 0 Å². The van der Waals surface area contributed by atoms with Gasteiger partial charge in [-0.1, -0.05) is 11.3 Å². The Hall–Kier alpha value is -1.84. The number of primary amides is 1. The van der Waals surface area contributed by atoms with Crippen molar-refractivity contribution in [3.05, 3.63) is 10.6 Å². The Morgan fingerprint density at radius 3 is 2.64 bits per heavy atom. The molecule has 1 aliphatic heterocycles. The molecule has 0 aliphatic carbocycles. The SMILES string of the molecule is Cc1nc(N2CCN(CCCC(F)(F)F)C2=O)sc1C(N)=O. The average molecular weight is 336 g/mol. The van der Waals surface area contributed by atoms with Crippen molar-refractivity contribution in [2.75, 3.05) is 24.5 Å². The molecule has 1 aromatic heterocycles. The molecule has 1 aliphatic rings. The van der Waals surface area contributed by atoms with E-state index < -0.39 is 24.5 Å². The molecule has 2 N–H and O–H groups in total. The van der Waals surface area contributed by atoms with Gasteiger partial charge in [0, 0.05) is 26.1 Å². The summed E-state index contributed by atoms with van der Waals surface area (Å²) in [5, 5.41) is 0.342. The van der Waals surface area contributed by atoms with E-state index in [1.165, 1.54) is 9.80 Å². The second-order valence-electron chi connectivity index (χ2n) is 4.92. The molecule has 3 amide bonds. The maximum atomic E-state index is 12.2. The Bertz CT molecular complexity index is 587. The fourth-order valence-corrected chi connectivity index (χ4v) is 3.10. The monoisotopic (exact) mass is 336 g/mol. The van der Waals surface area contributed by atoms with Crippen LogP contribution in [0.1, 0.15) is 28.2 Å². The van der Waals surface area contributed by atoms with Crippen LogP contribution in [0.4, 0.5) is 23.1 Å². The lowest BCUT2D eigenvalue weighted by atomic mass is 10.3. The third kappa shape index (κ3) is 3.67. The van der Waals surface area contributed by atoms with Gasteiger partial charge in [-0.15, -0.1) is 0 Å². The standard InChI is InChI=1S/C12H15F3N4O2S/c1-7-8(9(16)20)22-10(17-7)19-6-5-18(11(19)21)4-2-3-12(13,14)15/h2-6H2,1H3,(H2,16,20). The molecule has 6 nitrogen and oxygen atoms in total. The third-order valence-corrected chi connectivity index (χ3v) is 4.42. The predicted molar refractivity (Wildman–Crippen MR) is 75.0 cm³/mol. The van der Waals surface area contributed by atoms with Gasteiger partial charge in [-0.3, -0.25) is 9.69 Å². The lowest BCUT2D eigenvalue weighted by Crippen LogP contribution is -2.32. The highest BCUT2D eigenvalue weighted by Crippen LogP contribution is 2.29. The number of halogens is 3. The summed E-state index contributed by atoms with van der Waals surface area (Å²) in [6, 6.07) is -0.396. The highest BCUT2D eigenvalue weighted by molar-refractivity contribution is 7.17. The highest BCUT2D eigenvalue weighted by atomic mass is 32.1. The number of anilines is 1. The first-order chi connectivity index (χ1) is 10.2. The minimum atomic E-state index is -4.22. The topological polar surface area (TPSA) is 79.5 Å². The summed E-state index contributed by atoms with van der Waals surface area (Å²) in [6.45, 7) is 2.32. The van der Waals surface area contributed by atoms with Crippen molar-refractivity contribution in [2.45, 2.75) is 25.9 Å². The molecule has 0 radical (unpaired) electrons. The van der Waals surface area contributed by atoms with Crippen LogP contribution in [-0.4, -0.2) is 47.6 Å². The molecule has 0 saturated carbocycles. The van der Waals surface area contributed by atoms with Gasteiger partial charge in [0.1, 0.15) is 4.88 Å². The van der Waals surface area contributed by atoms with Crippen molar-refractivity contribution in [3.8, 4) is 0 Å². The molecule has 2 rings (SSSR count). The lowest BCUT2D eigenvalue weighted by molar-refractivity contribution is -0.135. The number of carbonyl (C=O) groups excluding carboxylic acids is 2. The van der Waals surface area contributed by atoms with Gasteiger partial charge in [0.15, 0.2) is 5.13 Å². The third-order valence-electron chi connectivity index (χ3n) is 3.22. The summed E-state index contributed by atoms with van der Waals surface area (Å²) in [7, 11) is 0. The Morgan fingerprint density at radius 1 is 1.41 bits per heavy atom. The molecule has 1 fully saturated rings. The number of thiazole rings is 1. The van der Waals surface area contributed by atoms with E-state index in [0.29, 0.717) is 23.9 Å². The van der Waals surface area contributed by atoms with Crippen LogP contribution in [0.15, 0.2) is 0 Å². The molecule has 0 bridgehead atoms. The number of hydrogen-bond acceptors (Lipinski definition) is 4. The van der Waals surface area contributed by atoms with E-state index in [-0.39, 0.29) is 17.8 Å². The minimum Gasteiger partial charge on any atom is -0.365 e. The summed E-state index contributed by atoms with van der Waals surface area (Å²) in [4.78, 5) is 30.5. The number of nitrogens with two attached hydrogens (primary N) is 1. The summed E-state index contributed by atoms with van der Waals surface area (Å²) in [5.74, 6) is -0.616. The fourth-order valence-electron chi connectivity index (χ4n) is 2.16. The number of urea groups is 1. The van der Waals surface area contributed by atoms with Gasteiger partial charge >= 0.3 is 12.2 Å². The highest BCUT2D eigenvalue weighted by Gasteiger charge is 2.33. The van der Waals surface area contributed by atoms with Gasteiger partial charge in [0.2, 0.25) is 0 Å². The number of carbonyl (C=O) groups is 2. The zero-order valence-corrected chi connectivity index (χ0v) is 12.6. The van der Waals surface area contributed by atoms with E-state index in [4.69, 9.17) is 5.73 Å². The maximum absolute atomic E-state index is 12.2. The van der Waals surface area contributed by atoms with Crippen molar-refractivity contribution in [3.63, 3.8) is 0 Å². The average Bonchev–Trinajstić information content (AvgIpc) is 2.92. The van der Waals surface area contributed by atoms with Gasteiger partial charge < -0.3 is 10.6 Å². The van der Waals surface area contributed by atoms with E-state index in [1.54, 1.807) is 6.92 Å². The van der Waals surface area contributed by atoms with E-state index in [1.807, 2.05) is 0 Å². The van der Waals surface area contributed by atoms with E-state index in [0.717, 1.165) is 11.3 Å². The van der Waals surface area contributed by atoms with Crippen LogP contribution in [0, 0.1) is 6.92 Å². The number of aryl methyl sites for hydroxylation is 1. The van der Waals surface area contributed by atoms with Gasteiger partial charge in [-0.25, -0.2) is 9.78 Å². The van der Waals surface area contributed by atoms with Crippen molar-refractivity contribution >= 4 is 28.4 Å². The van der Waals surface area contributed by atoms with E-state index >= 15 is 0 Å². The summed E-state index contributed by atoms with van der Waals surface area (Å²) in [6.07, 6.45) is -5.27. The number of alkyl halides is 3. The van der Waals surface area contributed by atoms with Crippen molar-refractivity contribution in [1.82, 2.24) is 9.88 Å². The van der Waals surface area contributed by atoms with Gasteiger partial charge in [0.05, 0.1) is 5.69 Å². The minimum absolute atomic E-state index is 0.0435. The van der Waals surface area contributed by atoms with E-state index in [2.05, 4.69) is 4.98 Å². The first-order valence-corrected chi connectivity index (χ1v) is 7.41. The second kappa shape index (κ2) is 6.11. The quantitative estimate of drug-likeness (QED) is 0.894. The molecule has 0 spiro atoms. The molecular weight excluding hydrogens is 321 g/mol. The first kappa shape index (κ1) is 16.5. The molecule has 2 heterocycles. The van der Waals surface area contributed by atoms with Crippen LogP contribution < -0.4 is 10.6 Å². The molecule has 22 heavy (non-hydrogen) atoms. The molecule has 0 aromatic carbocycles. The number of amides is 3. The Morgan fingerprint density at radius 2 is 2.09 bits per heavy atom. The Balaban J connectivity index is 1.99. The van der Waals surface area contributed by atoms with Crippen LogP contribution in [0.3, 0.4) is 0 Å². The summed E-state index contributed by atoms with van der Waals surface area (Å²) >= 11 is 1.01. The molecular formula is C12H15F3N4O2S. The maximum Gasteiger partial charge on any atom is 0.389 e. The second-order valence-corrected chi connectivity index (χ2v) is 5.89. The molecule has 1 aromatic rings. The summed E-state index contributed by atoms with van der Waals surface area (Å²) < 4.78 is 36.4. The van der Waals surface area contributed by atoms with Crippen LogP contribution in [0.2, 0.25) is 0 Å². The molecule has 1 saturated heterocycles. The normalized spacial score (nSPS) is 15.7. The fraction of sp³-hybridized carbons (Fsp3) is 0.583. The van der Waals surface area contributed by atoms with Gasteiger partial charge in [0.25, 0.3) is 5.91 Å². The van der Waals surface area contributed by atoms with Crippen LogP contribution in [0.5, 0.6) is 0 Å². The largest absolute Gasteiger partial charge is 0.389 e. The number of nitrogens with zero attached hydrogens (tertiary/aromatic N) is 3. The first-order valence-electron chi connectivity index (χ1n) is 6.59. The molecule has 0 unspecified atom stereocenters. The van der Waals surface area contributed by atoms with Crippen molar-refractivity contribution < 1.29 is 22.8 Å². The Labute approximate surface area is 128 Å². The van der Waals surface area contributed by atoms with Gasteiger partial charge in [-0.2, -0.15) is 13.2 Å². The number of rotatable bonds is 5. The van der Waals surface area contributed by atoms with Crippen molar-refractivity contribution in [1.29, 1.82) is 0 Å². The van der Waals surface area contributed by atoms with Gasteiger partial charge in [-0.05, 0) is 13.3 Å². The summed E-state index contributed by atoms with van der Waals surface area (Å²) in [5.41, 5.74) is 5.65. The molecule has 122 valence electrons. The molecule has 10 heteroatoms. The lowest BCUT2D eigenvalue weighted by Gasteiger charge is -2.17. The number of aromatic nitrogens is 1. The van der Waals surface area contributed by atoms with Crippen LogP contribution in [0.25, 0.3) is 0 Å². The smallest absolute Gasteiger partial charge is 0.365 e. The Kier molecular flexibility index (Phi) is 4.59. The van der Waals surface area contributed by atoms with Crippen LogP contribution >= 0.6 is 11.3 Å². The van der Waals surface area contributed by atoms with E-state index in [9.17, 15) is 22.8 Å². The predicted octanol–water partition coefficient (Wildman–Crippen LogP) is 2.13. The number of hydrogen-bond donors (Lipinski definition) is 1. The molecule has 0 atom stereocenters. The van der Waals surface area contributed by atoms with Crippen molar-refractivity contribution in [2.24, 2.45) is 5.73 Å². The zero-order valence-electron chi connectivity index (χ0n) is 11.8. The zero-order chi connectivity index (χ0) is 16.5.